The van der Waals surface area contributed by atoms with Gasteiger partial charge in [0.2, 0.25) is 5.91 Å². The third-order valence-electron chi connectivity index (χ3n) is 3.32. The van der Waals surface area contributed by atoms with E-state index in [0.717, 1.165) is 5.56 Å². The fourth-order valence-corrected chi connectivity index (χ4v) is 2.29. The second kappa shape index (κ2) is 8.21. The lowest BCUT2D eigenvalue weighted by Gasteiger charge is -2.16. The van der Waals surface area contributed by atoms with Gasteiger partial charge in [-0.3, -0.25) is 9.69 Å². The molecule has 0 atom stereocenters. The molecule has 1 amide bonds. The molecule has 0 aromatic heterocycles. The van der Waals surface area contributed by atoms with Gasteiger partial charge < -0.3 is 10.1 Å². The van der Waals surface area contributed by atoms with Crippen molar-refractivity contribution in [1.29, 1.82) is 0 Å². The highest BCUT2D eigenvalue weighted by molar-refractivity contribution is 5.95. The number of hydrogen-bond donors (Lipinski definition) is 1. The number of halogens is 1. The molecule has 1 N–H and O–H groups in total. The SMILES string of the molecule is COC(=O)c1cccc(NC(=O)CN(C)Cc2cccc(F)c2)c1. The molecule has 0 radical (unpaired) electrons. The average Bonchev–Trinajstić information content (AvgIpc) is 2.54. The molecule has 0 spiro atoms. The molecule has 2 aromatic rings. The third-order valence-corrected chi connectivity index (χ3v) is 3.32. The topological polar surface area (TPSA) is 58.6 Å². The first-order valence-electron chi connectivity index (χ1n) is 7.39. The molecular formula is C18H19FN2O3. The van der Waals surface area contributed by atoms with Crippen molar-refractivity contribution in [3.63, 3.8) is 0 Å². The first-order valence-corrected chi connectivity index (χ1v) is 7.39. The number of ether oxygens (including phenoxy) is 1. The number of methoxy groups -OCH3 is 1. The zero-order chi connectivity index (χ0) is 17.5. The molecule has 2 rings (SSSR count). The van der Waals surface area contributed by atoms with Crippen LogP contribution in [0.25, 0.3) is 0 Å². The Morgan fingerprint density at radius 3 is 2.62 bits per heavy atom. The molecule has 0 fully saturated rings. The van der Waals surface area contributed by atoms with E-state index in [4.69, 9.17) is 0 Å². The predicted octanol–water partition coefficient (Wildman–Crippen LogP) is 2.68. The van der Waals surface area contributed by atoms with E-state index in [1.807, 2.05) is 0 Å². The maximum atomic E-state index is 13.2. The van der Waals surface area contributed by atoms with Crippen LogP contribution >= 0.6 is 0 Å². The van der Waals surface area contributed by atoms with Gasteiger partial charge in [-0.2, -0.15) is 0 Å². The van der Waals surface area contributed by atoms with Crippen LogP contribution in [0.2, 0.25) is 0 Å². The minimum Gasteiger partial charge on any atom is -0.465 e. The molecular weight excluding hydrogens is 311 g/mol. The van der Waals surface area contributed by atoms with Gasteiger partial charge >= 0.3 is 5.97 Å². The normalized spacial score (nSPS) is 10.5. The van der Waals surface area contributed by atoms with E-state index in [1.165, 1.54) is 19.2 Å². The van der Waals surface area contributed by atoms with Gasteiger partial charge in [-0.1, -0.05) is 18.2 Å². The Bertz CT molecular complexity index is 734. The van der Waals surface area contributed by atoms with E-state index in [-0.39, 0.29) is 18.3 Å². The Hall–Kier alpha value is -2.73. The van der Waals surface area contributed by atoms with E-state index in [2.05, 4.69) is 10.1 Å². The number of anilines is 1. The molecule has 6 heteroatoms. The van der Waals surface area contributed by atoms with Crippen LogP contribution in [-0.2, 0) is 16.1 Å². The number of benzene rings is 2. The predicted molar refractivity (Wildman–Crippen MR) is 89.1 cm³/mol. The summed E-state index contributed by atoms with van der Waals surface area (Å²) in [6.07, 6.45) is 0. The standard InChI is InChI=1S/C18H19FN2O3/c1-21(11-13-5-3-7-15(19)9-13)12-17(22)20-16-8-4-6-14(10-16)18(23)24-2/h3-10H,11-12H2,1-2H3,(H,20,22). The highest BCUT2D eigenvalue weighted by Crippen LogP contribution is 2.12. The fraction of sp³-hybridized carbons (Fsp3) is 0.222. The summed E-state index contributed by atoms with van der Waals surface area (Å²) in [6, 6.07) is 12.8. The minimum absolute atomic E-state index is 0.138. The summed E-state index contributed by atoms with van der Waals surface area (Å²) in [4.78, 5) is 25.3. The summed E-state index contributed by atoms with van der Waals surface area (Å²) in [6.45, 7) is 0.590. The molecule has 0 saturated heterocycles. The van der Waals surface area contributed by atoms with Crippen LogP contribution in [0.5, 0.6) is 0 Å². The summed E-state index contributed by atoms with van der Waals surface area (Å²) in [5.41, 5.74) is 1.67. The first kappa shape index (κ1) is 17.6. The zero-order valence-electron chi connectivity index (χ0n) is 13.6. The Balaban J connectivity index is 1.92. The quantitative estimate of drug-likeness (QED) is 0.828. The van der Waals surface area contributed by atoms with Crippen molar-refractivity contribution in [1.82, 2.24) is 4.90 Å². The van der Waals surface area contributed by atoms with Crippen LogP contribution < -0.4 is 5.32 Å². The van der Waals surface area contributed by atoms with Crippen LogP contribution in [-0.4, -0.2) is 37.5 Å². The highest BCUT2D eigenvalue weighted by Gasteiger charge is 2.10. The zero-order valence-corrected chi connectivity index (χ0v) is 13.6. The lowest BCUT2D eigenvalue weighted by Crippen LogP contribution is -2.29. The molecule has 0 aliphatic rings. The van der Waals surface area contributed by atoms with Gasteiger partial charge in [0.25, 0.3) is 0 Å². The van der Waals surface area contributed by atoms with E-state index >= 15 is 0 Å². The monoisotopic (exact) mass is 330 g/mol. The molecule has 126 valence electrons. The molecule has 0 heterocycles. The van der Waals surface area contributed by atoms with Gasteiger partial charge in [0.05, 0.1) is 19.2 Å². The van der Waals surface area contributed by atoms with Crippen molar-refractivity contribution in [2.24, 2.45) is 0 Å². The van der Waals surface area contributed by atoms with Crippen LogP contribution in [0.3, 0.4) is 0 Å². The Morgan fingerprint density at radius 2 is 1.92 bits per heavy atom. The van der Waals surface area contributed by atoms with Crippen molar-refractivity contribution < 1.29 is 18.7 Å². The number of carbonyl (C=O) groups excluding carboxylic acids is 2. The molecule has 0 saturated carbocycles. The number of carbonyl (C=O) groups is 2. The van der Waals surface area contributed by atoms with E-state index in [1.54, 1.807) is 48.3 Å². The third kappa shape index (κ3) is 5.17. The van der Waals surface area contributed by atoms with Crippen LogP contribution in [0, 0.1) is 5.82 Å². The number of likely N-dealkylation sites (N-methyl/N-ethyl adjacent to an activating group) is 1. The van der Waals surface area contributed by atoms with Crippen LogP contribution in [0.1, 0.15) is 15.9 Å². The number of nitrogens with one attached hydrogen (secondary N) is 1. The lowest BCUT2D eigenvalue weighted by molar-refractivity contribution is -0.117. The van der Waals surface area contributed by atoms with E-state index in [0.29, 0.717) is 17.8 Å². The lowest BCUT2D eigenvalue weighted by atomic mass is 10.2. The van der Waals surface area contributed by atoms with Gasteiger partial charge in [0.15, 0.2) is 0 Å². The summed E-state index contributed by atoms with van der Waals surface area (Å²) < 4.78 is 17.8. The average molecular weight is 330 g/mol. The maximum Gasteiger partial charge on any atom is 0.337 e. The molecule has 0 bridgehead atoms. The van der Waals surface area contributed by atoms with Crippen LogP contribution in [0.4, 0.5) is 10.1 Å². The fourth-order valence-electron chi connectivity index (χ4n) is 2.29. The highest BCUT2D eigenvalue weighted by atomic mass is 19.1. The molecule has 5 nitrogen and oxygen atoms in total. The number of nitrogens with zero attached hydrogens (tertiary/aromatic N) is 1. The largest absolute Gasteiger partial charge is 0.465 e. The smallest absolute Gasteiger partial charge is 0.337 e. The summed E-state index contributed by atoms with van der Waals surface area (Å²) in [5.74, 6) is -0.991. The van der Waals surface area contributed by atoms with E-state index < -0.39 is 5.97 Å². The maximum absolute atomic E-state index is 13.2. The van der Waals surface area contributed by atoms with Gasteiger partial charge in [-0.15, -0.1) is 0 Å². The summed E-state index contributed by atoms with van der Waals surface area (Å²) in [7, 11) is 3.07. The molecule has 0 unspecified atom stereocenters. The van der Waals surface area contributed by atoms with E-state index in [9.17, 15) is 14.0 Å². The van der Waals surface area contributed by atoms with Crippen LogP contribution in [0.15, 0.2) is 48.5 Å². The van der Waals surface area contributed by atoms with Crippen molar-refractivity contribution in [3.8, 4) is 0 Å². The molecule has 2 aromatic carbocycles. The van der Waals surface area contributed by atoms with Crippen molar-refractivity contribution in [3.05, 3.63) is 65.5 Å². The first-order chi connectivity index (χ1) is 11.5. The Morgan fingerprint density at radius 1 is 1.17 bits per heavy atom. The number of amides is 1. The van der Waals surface area contributed by atoms with Crippen molar-refractivity contribution >= 4 is 17.6 Å². The van der Waals surface area contributed by atoms with Gasteiger partial charge in [0, 0.05) is 12.2 Å². The van der Waals surface area contributed by atoms with Gasteiger partial charge in [-0.05, 0) is 42.9 Å². The number of hydrogen-bond acceptors (Lipinski definition) is 4. The number of esters is 1. The Kier molecular flexibility index (Phi) is 6.03. The molecule has 0 aliphatic heterocycles. The second-order valence-electron chi connectivity index (χ2n) is 5.42. The molecule has 24 heavy (non-hydrogen) atoms. The minimum atomic E-state index is -0.464. The summed E-state index contributed by atoms with van der Waals surface area (Å²) in [5, 5.41) is 2.73. The van der Waals surface area contributed by atoms with Gasteiger partial charge in [-0.25, -0.2) is 9.18 Å². The second-order valence-corrected chi connectivity index (χ2v) is 5.42. The summed E-state index contributed by atoms with van der Waals surface area (Å²) >= 11 is 0. The van der Waals surface area contributed by atoms with Crippen molar-refractivity contribution in [2.75, 3.05) is 26.0 Å². The molecule has 0 aliphatic carbocycles. The number of rotatable bonds is 6. The Labute approximate surface area is 140 Å². The van der Waals surface area contributed by atoms with Crippen molar-refractivity contribution in [2.45, 2.75) is 6.54 Å². The van der Waals surface area contributed by atoms with Gasteiger partial charge in [0.1, 0.15) is 5.82 Å².